The average Bonchev–Trinajstić information content (AvgIpc) is 2.26. The van der Waals surface area contributed by atoms with Crippen LogP contribution >= 0.6 is 0 Å². The second-order valence-corrected chi connectivity index (χ2v) is 6.61. The minimum atomic E-state index is -2.31. The predicted octanol–water partition coefficient (Wildman–Crippen LogP) is 2.69. The lowest BCUT2D eigenvalue weighted by Crippen LogP contribution is -2.42. The highest BCUT2D eigenvalue weighted by atomic mass is 28.4. The van der Waals surface area contributed by atoms with Crippen molar-refractivity contribution in [2.75, 3.05) is 21.3 Å². The van der Waals surface area contributed by atoms with Crippen molar-refractivity contribution in [3.8, 4) is 0 Å². The molecule has 86 valence electrons. The van der Waals surface area contributed by atoms with Gasteiger partial charge in [-0.3, -0.25) is 0 Å². The first kappa shape index (κ1) is 14.1. The van der Waals surface area contributed by atoms with Gasteiger partial charge in [0, 0.05) is 27.4 Å². The van der Waals surface area contributed by atoms with Gasteiger partial charge < -0.3 is 13.3 Å². The van der Waals surface area contributed by atoms with Crippen LogP contribution in [0.1, 0.15) is 33.1 Å². The summed E-state index contributed by atoms with van der Waals surface area (Å²) in [6.45, 7) is 4.45. The van der Waals surface area contributed by atoms with Gasteiger partial charge in [0.2, 0.25) is 0 Å². The highest BCUT2D eigenvalue weighted by Gasteiger charge is 2.37. The molecule has 0 heterocycles. The molecule has 0 aromatic rings. The minimum absolute atomic E-state index is 0.766. The highest BCUT2D eigenvalue weighted by molar-refractivity contribution is 6.60. The monoisotopic (exact) mass is 220 g/mol. The van der Waals surface area contributed by atoms with Gasteiger partial charge >= 0.3 is 8.80 Å². The van der Waals surface area contributed by atoms with Gasteiger partial charge in [-0.2, -0.15) is 0 Å². The summed E-state index contributed by atoms with van der Waals surface area (Å²) >= 11 is 0. The van der Waals surface area contributed by atoms with Crippen LogP contribution < -0.4 is 0 Å². The van der Waals surface area contributed by atoms with E-state index in [4.69, 9.17) is 13.3 Å². The Labute approximate surface area is 89.1 Å². The van der Waals surface area contributed by atoms with Crippen molar-refractivity contribution in [2.45, 2.75) is 39.2 Å². The van der Waals surface area contributed by atoms with Gasteiger partial charge in [0.15, 0.2) is 0 Å². The second kappa shape index (κ2) is 7.40. The molecule has 0 amide bonds. The fourth-order valence-corrected chi connectivity index (χ4v) is 3.51. The van der Waals surface area contributed by atoms with Crippen LogP contribution in [0.25, 0.3) is 0 Å². The van der Waals surface area contributed by atoms with Gasteiger partial charge in [-0.1, -0.05) is 26.7 Å². The fraction of sp³-hybridized carbons (Fsp3) is 1.00. The molecule has 14 heavy (non-hydrogen) atoms. The Morgan fingerprint density at radius 2 is 1.36 bits per heavy atom. The van der Waals surface area contributed by atoms with E-state index in [9.17, 15) is 0 Å². The highest BCUT2D eigenvalue weighted by Crippen LogP contribution is 2.22. The molecule has 0 radical (unpaired) electrons. The van der Waals surface area contributed by atoms with E-state index in [1.165, 1.54) is 12.8 Å². The van der Waals surface area contributed by atoms with Crippen molar-refractivity contribution in [2.24, 2.45) is 5.92 Å². The quantitative estimate of drug-likeness (QED) is 0.589. The third-order valence-electron chi connectivity index (χ3n) is 2.95. The Balaban J connectivity index is 4.04. The molecule has 0 aliphatic heterocycles. The molecular formula is C10H24O3Si. The summed E-state index contributed by atoms with van der Waals surface area (Å²) < 4.78 is 16.1. The number of hydrogen-bond donors (Lipinski definition) is 0. The molecule has 0 unspecified atom stereocenters. The fourth-order valence-electron chi connectivity index (χ4n) is 1.63. The smallest absolute Gasteiger partial charge is 0.377 e. The Morgan fingerprint density at radius 3 is 1.64 bits per heavy atom. The third-order valence-corrected chi connectivity index (χ3v) is 5.71. The van der Waals surface area contributed by atoms with Crippen LogP contribution in [-0.2, 0) is 13.3 Å². The summed E-state index contributed by atoms with van der Waals surface area (Å²) in [5, 5.41) is 0. The van der Waals surface area contributed by atoms with Crippen LogP contribution in [0.15, 0.2) is 0 Å². The Hall–Kier alpha value is 0.0969. The Morgan fingerprint density at radius 1 is 0.929 bits per heavy atom. The molecule has 0 saturated heterocycles. The molecule has 3 nitrogen and oxygen atoms in total. The van der Waals surface area contributed by atoms with E-state index in [-0.39, 0.29) is 0 Å². The molecule has 0 fully saturated rings. The average molecular weight is 220 g/mol. The van der Waals surface area contributed by atoms with Crippen LogP contribution in [0.4, 0.5) is 0 Å². The molecule has 4 heteroatoms. The first-order valence-electron chi connectivity index (χ1n) is 5.33. The summed E-state index contributed by atoms with van der Waals surface area (Å²) in [4.78, 5) is 0. The van der Waals surface area contributed by atoms with Crippen molar-refractivity contribution in [3.05, 3.63) is 0 Å². The molecule has 0 aliphatic carbocycles. The normalized spacial score (nSPS) is 12.4. The Kier molecular flexibility index (Phi) is 7.45. The van der Waals surface area contributed by atoms with Crippen molar-refractivity contribution in [3.63, 3.8) is 0 Å². The summed E-state index contributed by atoms with van der Waals surface area (Å²) in [7, 11) is 2.71. The molecule has 0 N–H and O–H groups in total. The largest absolute Gasteiger partial charge is 0.500 e. The van der Waals surface area contributed by atoms with E-state index in [0.717, 1.165) is 18.4 Å². The molecule has 0 aliphatic rings. The predicted molar refractivity (Wildman–Crippen MR) is 60.3 cm³/mol. The Bertz CT molecular complexity index is 125. The summed E-state index contributed by atoms with van der Waals surface area (Å²) in [5.74, 6) is 0.766. The maximum Gasteiger partial charge on any atom is 0.500 e. The van der Waals surface area contributed by atoms with Gasteiger partial charge in [-0.05, 0) is 12.3 Å². The lowest BCUT2D eigenvalue weighted by atomic mass is 10.0. The van der Waals surface area contributed by atoms with Gasteiger partial charge in [0.1, 0.15) is 0 Å². The van der Waals surface area contributed by atoms with Crippen LogP contribution in [0.2, 0.25) is 6.04 Å². The van der Waals surface area contributed by atoms with E-state index in [0.29, 0.717) is 0 Å². The van der Waals surface area contributed by atoms with Crippen LogP contribution in [-0.4, -0.2) is 30.1 Å². The molecule has 0 rings (SSSR count). The van der Waals surface area contributed by atoms with Crippen LogP contribution in [0.3, 0.4) is 0 Å². The molecule has 0 bridgehead atoms. The van der Waals surface area contributed by atoms with Gasteiger partial charge in [0.05, 0.1) is 0 Å². The number of rotatable bonds is 8. The standard InChI is InChI=1S/C10H24O3Si/c1-6-10(7-2)8-9-14(11-3,12-4)13-5/h10H,6-9H2,1-5H3. The first-order chi connectivity index (χ1) is 6.67. The van der Waals surface area contributed by atoms with Crippen molar-refractivity contribution in [1.82, 2.24) is 0 Å². The number of hydrogen-bond acceptors (Lipinski definition) is 3. The van der Waals surface area contributed by atoms with E-state index >= 15 is 0 Å². The van der Waals surface area contributed by atoms with Crippen LogP contribution in [0, 0.1) is 5.92 Å². The summed E-state index contributed by atoms with van der Waals surface area (Å²) in [6, 6.07) is 0.919. The third kappa shape index (κ3) is 4.08. The maximum absolute atomic E-state index is 5.37. The van der Waals surface area contributed by atoms with E-state index in [1.54, 1.807) is 21.3 Å². The summed E-state index contributed by atoms with van der Waals surface area (Å²) in [6.07, 6.45) is 3.57. The van der Waals surface area contributed by atoms with E-state index in [1.807, 2.05) is 0 Å². The first-order valence-corrected chi connectivity index (χ1v) is 7.26. The molecular weight excluding hydrogens is 196 g/mol. The molecule has 0 aromatic carbocycles. The van der Waals surface area contributed by atoms with Crippen molar-refractivity contribution < 1.29 is 13.3 Å². The molecule has 0 saturated carbocycles. The molecule has 0 aromatic heterocycles. The molecule has 0 spiro atoms. The summed E-state index contributed by atoms with van der Waals surface area (Å²) in [5.41, 5.74) is 0. The zero-order valence-electron chi connectivity index (χ0n) is 10.1. The zero-order chi connectivity index (χ0) is 11.0. The van der Waals surface area contributed by atoms with Crippen LogP contribution in [0.5, 0.6) is 0 Å². The van der Waals surface area contributed by atoms with Gasteiger partial charge in [-0.15, -0.1) is 0 Å². The van der Waals surface area contributed by atoms with E-state index in [2.05, 4.69) is 13.8 Å². The van der Waals surface area contributed by atoms with E-state index < -0.39 is 8.80 Å². The second-order valence-electron chi connectivity index (χ2n) is 3.52. The van der Waals surface area contributed by atoms with Gasteiger partial charge in [0.25, 0.3) is 0 Å². The maximum atomic E-state index is 5.37. The SMILES string of the molecule is CCC(CC)CC[Si](OC)(OC)OC. The lowest BCUT2D eigenvalue weighted by Gasteiger charge is -2.25. The minimum Gasteiger partial charge on any atom is -0.377 e. The lowest BCUT2D eigenvalue weighted by molar-refractivity contribution is 0.121. The topological polar surface area (TPSA) is 27.7 Å². The van der Waals surface area contributed by atoms with Crippen molar-refractivity contribution >= 4 is 8.80 Å². The van der Waals surface area contributed by atoms with Crippen molar-refractivity contribution in [1.29, 1.82) is 0 Å². The zero-order valence-corrected chi connectivity index (χ0v) is 11.1. The molecule has 0 atom stereocenters. The van der Waals surface area contributed by atoms with Gasteiger partial charge in [-0.25, -0.2) is 0 Å².